The van der Waals surface area contributed by atoms with Crippen LogP contribution in [0, 0.1) is 5.92 Å². The van der Waals surface area contributed by atoms with Gasteiger partial charge in [0.05, 0.1) is 0 Å². The molecule has 1 aromatic rings. The molecule has 0 aliphatic heterocycles. The van der Waals surface area contributed by atoms with Gasteiger partial charge in [-0.15, -0.1) is 12.4 Å². The lowest BCUT2D eigenvalue weighted by molar-refractivity contribution is 0.462. The number of benzene rings is 1. The van der Waals surface area contributed by atoms with Gasteiger partial charge < -0.3 is 10.4 Å². The van der Waals surface area contributed by atoms with E-state index in [1.165, 1.54) is 12.8 Å². The van der Waals surface area contributed by atoms with Crippen LogP contribution in [0.15, 0.2) is 22.7 Å². The predicted octanol–water partition coefficient (Wildman–Crippen LogP) is 4.10. The molecule has 0 atom stereocenters. The molecule has 0 spiro atoms. The van der Waals surface area contributed by atoms with Crippen LogP contribution in [0.3, 0.4) is 0 Å². The lowest BCUT2D eigenvalue weighted by atomic mass is 10.1. The van der Waals surface area contributed by atoms with Crippen LogP contribution < -0.4 is 5.32 Å². The molecule has 98 valence electrons. The quantitative estimate of drug-likeness (QED) is 0.773. The zero-order valence-electron chi connectivity index (χ0n) is 10.4. The van der Waals surface area contributed by atoms with E-state index in [1.54, 1.807) is 6.07 Å². The molecular formula is C13H21BrClNO. The van der Waals surface area contributed by atoms with Crippen molar-refractivity contribution in [2.75, 3.05) is 6.54 Å². The fraction of sp³-hybridized carbons (Fsp3) is 0.538. The van der Waals surface area contributed by atoms with E-state index < -0.39 is 0 Å². The van der Waals surface area contributed by atoms with Gasteiger partial charge >= 0.3 is 0 Å². The summed E-state index contributed by atoms with van der Waals surface area (Å²) < 4.78 is 1.00. The first-order valence-electron chi connectivity index (χ1n) is 5.77. The van der Waals surface area contributed by atoms with Crippen LogP contribution in [0.1, 0.15) is 32.3 Å². The molecule has 0 amide bonds. The topological polar surface area (TPSA) is 32.3 Å². The minimum absolute atomic E-state index is 0. The summed E-state index contributed by atoms with van der Waals surface area (Å²) >= 11 is 3.40. The maximum absolute atomic E-state index is 9.62. The van der Waals surface area contributed by atoms with Crippen LogP contribution in [0.25, 0.3) is 0 Å². The number of rotatable bonds is 6. The van der Waals surface area contributed by atoms with E-state index in [9.17, 15) is 5.11 Å². The molecule has 0 aliphatic carbocycles. The van der Waals surface area contributed by atoms with Crippen LogP contribution in [-0.4, -0.2) is 11.7 Å². The van der Waals surface area contributed by atoms with Gasteiger partial charge in [0.2, 0.25) is 0 Å². The molecular weight excluding hydrogens is 302 g/mol. The van der Waals surface area contributed by atoms with Crippen molar-refractivity contribution in [3.63, 3.8) is 0 Å². The monoisotopic (exact) mass is 321 g/mol. The number of phenols is 1. The molecule has 0 radical (unpaired) electrons. The van der Waals surface area contributed by atoms with Crippen molar-refractivity contribution < 1.29 is 5.11 Å². The highest BCUT2D eigenvalue weighted by Crippen LogP contribution is 2.21. The van der Waals surface area contributed by atoms with Crippen molar-refractivity contribution in [1.29, 1.82) is 0 Å². The van der Waals surface area contributed by atoms with Crippen LogP contribution in [0.5, 0.6) is 5.75 Å². The molecule has 0 bridgehead atoms. The standard InChI is InChI=1S/C13H20BrNO.ClH/c1-10(2)4-3-7-15-9-11-8-12(14)5-6-13(11)16;/h5-6,8,10,15-16H,3-4,7,9H2,1-2H3;1H. The molecule has 17 heavy (non-hydrogen) atoms. The number of hydrogen-bond donors (Lipinski definition) is 2. The van der Waals surface area contributed by atoms with Gasteiger partial charge in [0, 0.05) is 16.6 Å². The van der Waals surface area contributed by atoms with Crippen molar-refractivity contribution in [1.82, 2.24) is 5.32 Å². The molecule has 0 saturated heterocycles. The Bertz CT molecular complexity index is 331. The maximum atomic E-state index is 9.62. The SMILES string of the molecule is CC(C)CCCNCc1cc(Br)ccc1O.Cl. The lowest BCUT2D eigenvalue weighted by Gasteiger charge is -2.08. The molecule has 4 heteroatoms. The van der Waals surface area contributed by atoms with E-state index in [4.69, 9.17) is 0 Å². The molecule has 0 heterocycles. The highest BCUT2D eigenvalue weighted by molar-refractivity contribution is 9.10. The number of nitrogens with one attached hydrogen (secondary N) is 1. The largest absolute Gasteiger partial charge is 0.508 e. The summed E-state index contributed by atoms with van der Waals surface area (Å²) in [6, 6.07) is 5.51. The summed E-state index contributed by atoms with van der Waals surface area (Å²) in [4.78, 5) is 0. The Kier molecular flexibility index (Phi) is 8.66. The summed E-state index contributed by atoms with van der Waals surface area (Å²) in [5, 5.41) is 13.0. The minimum atomic E-state index is 0. The Morgan fingerprint density at radius 2 is 2.06 bits per heavy atom. The van der Waals surface area contributed by atoms with Gasteiger partial charge in [-0.2, -0.15) is 0 Å². The Morgan fingerprint density at radius 1 is 1.35 bits per heavy atom. The third-order valence-electron chi connectivity index (χ3n) is 2.49. The summed E-state index contributed by atoms with van der Waals surface area (Å²) in [6.45, 7) is 6.20. The summed E-state index contributed by atoms with van der Waals surface area (Å²) in [5.74, 6) is 1.13. The van der Waals surface area contributed by atoms with Crippen molar-refractivity contribution in [3.8, 4) is 5.75 Å². The normalized spacial score (nSPS) is 10.4. The van der Waals surface area contributed by atoms with Crippen molar-refractivity contribution in [2.45, 2.75) is 33.2 Å². The predicted molar refractivity (Wildman–Crippen MR) is 78.8 cm³/mol. The van der Waals surface area contributed by atoms with Gasteiger partial charge in [0.15, 0.2) is 0 Å². The third-order valence-corrected chi connectivity index (χ3v) is 2.99. The molecule has 0 unspecified atom stereocenters. The molecule has 2 nitrogen and oxygen atoms in total. The second kappa shape index (κ2) is 8.78. The first-order valence-corrected chi connectivity index (χ1v) is 6.57. The number of halogens is 2. The van der Waals surface area contributed by atoms with E-state index in [-0.39, 0.29) is 12.4 Å². The Hall–Kier alpha value is -0.250. The van der Waals surface area contributed by atoms with E-state index in [0.717, 1.165) is 29.0 Å². The van der Waals surface area contributed by atoms with Gasteiger partial charge in [0.25, 0.3) is 0 Å². The van der Waals surface area contributed by atoms with Gasteiger partial charge in [-0.25, -0.2) is 0 Å². The summed E-state index contributed by atoms with van der Waals surface area (Å²) in [7, 11) is 0. The van der Waals surface area contributed by atoms with Crippen LogP contribution >= 0.6 is 28.3 Å². The van der Waals surface area contributed by atoms with E-state index >= 15 is 0 Å². The van der Waals surface area contributed by atoms with E-state index in [0.29, 0.717) is 5.75 Å². The van der Waals surface area contributed by atoms with Crippen LogP contribution in [-0.2, 0) is 6.54 Å². The van der Waals surface area contributed by atoms with Crippen molar-refractivity contribution in [3.05, 3.63) is 28.2 Å². The Balaban J connectivity index is 0.00000256. The third kappa shape index (κ3) is 6.92. The van der Waals surface area contributed by atoms with Gasteiger partial charge in [-0.3, -0.25) is 0 Å². The maximum Gasteiger partial charge on any atom is 0.120 e. The molecule has 0 saturated carbocycles. The van der Waals surface area contributed by atoms with Crippen LogP contribution in [0.4, 0.5) is 0 Å². The zero-order valence-corrected chi connectivity index (χ0v) is 12.8. The van der Waals surface area contributed by atoms with Crippen molar-refractivity contribution in [2.24, 2.45) is 5.92 Å². The zero-order chi connectivity index (χ0) is 12.0. The van der Waals surface area contributed by atoms with E-state index in [1.807, 2.05) is 12.1 Å². The Morgan fingerprint density at radius 3 is 2.71 bits per heavy atom. The number of hydrogen-bond acceptors (Lipinski definition) is 2. The molecule has 0 aliphatic rings. The molecule has 0 fully saturated rings. The van der Waals surface area contributed by atoms with Crippen LogP contribution in [0.2, 0.25) is 0 Å². The fourth-order valence-corrected chi connectivity index (χ4v) is 1.96. The first kappa shape index (κ1) is 16.8. The fourth-order valence-electron chi connectivity index (χ4n) is 1.55. The number of aromatic hydroxyl groups is 1. The molecule has 2 N–H and O–H groups in total. The first-order chi connectivity index (χ1) is 7.59. The average Bonchev–Trinajstić information content (AvgIpc) is 2.22. The average molecular weight is 323 g/mol. The molecule has 1 rings (SSSR count). The minimum Gasteiger partial charge on any atom is -0.508 e. The molecule has 0 aromatic heterocycles. The van der Waals surface area contributed by atoms with Gasteiger partial charge in [0.1, 0.15) is 5.75 Å². The lowest BCUT2D eigenvalue weighted by Crippen LogP contribution is -2.15. The Labute approximate surface area is 118 Å². The number of phenolic OH excluding ortho intramolecular Hbond substituents is 1. The summed E-state index contributed by atoms with van der Waals surface area (Å²) in [5.41, 5.74) is 0.943. The van der Waals surface area contributed by atoms with Gasteiger partial charge in [-0.05, 0) is 43.5 Å². The van der Waals surface area contributed by atoms with E-state index in [2.05, 4.69) is 35.1 Å². The smallest absolute Gasteiger partial charge is 0.120 e. The highest BCUT2D eigenvalue weighted by atomic mass is 79.9. The second-order valence-electron chi connectivity index (χ2n) is 4.49. The highest BCUT2D eigenvalue weighted by Gasteiger charge is 2.01. The van der Waals surface area contributed by atoms with Gasteiger partial charge in [-0.1, -0.05) is 29.8 Å². The second-order valence-corrected chi connectivity index (χ2v) is 5.40. The van der Waals surface area contributed by atoms with Crippen molar-refractivity contribution >= 4 is 28.3 Å². The summed E-state index contributed by atoms with van der Waals surface area (Å²) in [6.07, 6.45) is 2.43. The molecule has 1 aromatic carbocycles.